The van der Waals surface area contributed by atoms with Crippen LogP contribution in [-0.2, 0) is 0 Å². The second kappa shape index (κ2) is 7.33. The standard InChI is InChI=1S/C20H20BrN3O2/c1-12-5-7-17(10-18(12)21)24-13(2)9-16(15(24)4)11-22-23-20(25)19-8-6-14(3)26-19/h5-11H,1-4H3,(H,23,25)/b22-11-. The molecule has 1 amide bonds. The zero-order chi connectivity index (χ0) is 18.8. The van der Waals surface area contributed by atoms with Crippen LogP contribution in [0.1, 0.15) is 38.8 Å². The van der Waals surface area contributed by atoms with Crippen LogP contribution in [0.25, 0.3) is 5.69 Å². The Morgan fingerprint density at radius 1 is 1.15 bits per heavy atom. The van der Waals surface area contributed by atoms with Gasteiger partial charge in [-0.15, -0.1) is 0 Å². The third-order valence-electron chi connectivity index (χ3n) is 4.22. The molecule has 0 bridgehead atoms. The molecule has 0 aliphatic carbocycles. The van der Waals surface area contributed by atoms with E-state index < -0.39 is 0 Å². The summed E-state index contributed by atoms with van der Waals surface area (Å²) >= 11 is 3.58. The number of nitrogens with zero attached hydrogens (tertiary/aromatic N) is 2. The number of halogens is 1. The van der Waals surface area contributed by atoms with E-state index in [0.717, 1.165) is 27.1 Å². The summed E-state index contributed by atoms with van der Waals surface area (Å²) in [5, 5.41) is 4.06. The Bertz CT molecular complexity index is 999. The minimum absolute atomic E-state index is 0.245. The monoisotopic (exact) mass is 413 g/mol. The maximum absolute atomic E-state index is 12.0. The van der Waals surface area contributed by atoms with Gasteiger partial charge in [-0.25, -0.2) is 5.43 Å². The van der Waals surface area contributed by atoms with Crippen molar-refractivity contribution in [1.29, 1.82) is 0 Å². The molecule has 0 radical (unpaired) electrons. The zero-order valence-corrected chi connectivity index (χ0v) is 16.7. The highest BCUT2D eigenvalue weighted by Gasteiger charge is 2.11. The van der Waals surface area contributed by atoms with Gasteiger partial charge in [0.25, 0.3) is 0 Å². The molecular weight excluding hydrogens is 394 g/mol. The molecule has 1 aromatic carbocycles. The van der Waals surface area contributed by atoms with E-state index in [0.29, 0.717) is 5.76 Å². The molecule has 0 spiro atoms. The Morgan fingerprint density at radius 2 is 1.92 bits per heavy atom. The molecular formula is C20H20BrN3O2. The third kappa shape index (κ3) is 3.65. The summed E-state index contributed by atoms with van der Waals surface area (Å²) in [6, 6.07) is 11.7. The average molecular weight is 414 g/mol. The molecule has 0 unspecified atom stereocenters. The van der Waals surface area contributed by atoms with E-state index in [1.807, 2.05) is 19.9 Å². The van der Waals surface area contributed by atoms with Gasteiger partial charge in [-0.2, -0.15) is 5.10 Å². The molecule has 26 heavy (non-hydrogen) atoms. The number of nitrogens with one attached hydrogen (secondary N) is 1. The van der Waals surface area contributed by atoms with Crippen LogP contribution in [0.2, 0.25) is 0 Å². The number of hydrazone groups is 1. The van der Waals surface area contributed by atoms with E-state index in [2.05, 4.69) is 56.1 Å². The number of furan rings is 1. The van der Waals surface area contributed by atoms with Crippen molar-refractivity contribution < 1.29 is 9.21 Å². The molecule has 1 N–H and O–H groups in total. The van der Waals surface area contributed by atoms with Gasteiger partial charge in [0.05, 0.1) is 6.21 Å². The second-order valence-electron chi connectivity index (χ2n) is 6.20. The van der Waals surface area contributed by atoms with E-state index in [4.69, 9.17) is 4.42 Å². The lowest BCUT2D eigenvalue weighted by Crippen LogP contribution is -2.16. The molecule has 134 valence electrons. The van der Waals surface area contributed by atoms with Gasteiger partial charge in [0.2, 0.25) is 0 Å². The van der Waals surface area contributed by atoms with Crippen molar-refractivity contribution in [2.24, 2.45) is 5.10 Å². The van der Waals surface area contributed by atoms with Gasteiger partial charge < -0.3 is 8.98 Å². The predicted molar refractivity (Wildman–Crippen MR) is 106 cm³/mol. The lowest BCUT2D eigenvalue weighted by Gasteiger charge is -2.11. The van der Waals surface area contributed by atoms with Crippen molar-refractivity contribution in [3.63, 3.8) is 0 Å². The van der Waals surface area contributed by atoms with Crippen molar-refractivity contribution in [3.05, 3.63) is 74.9 Å². The molecule has 0 aliphatic rings. The first kappa shape index (κ1) is 18.2. The number of carbonyl (C=O) groups is 1. The van der Waals surface area contributed by atoms with Crippen molar-refractivity contribution in [2.45, 2.75) is 27.7 Å². The van der Waals surface area contributed by atoms with E-state index in [9.17, 15) is 4.79 Å². The number of rotatable bonds is 4. The molecule has 0 atom stereocenters. The SMILES string of the molecule is Cc1ccc(C(=O)N/N=C\c2cc(C)n(-c3ccc(C)c(Br)c3)c2C)o1. The van der Waals surface area contributed by atoms with Gasteiger partial charge in [-0.3, -0.25) is 4.79 Å². The summed E-state index contributed by atoms with van der Waals surface area (Å²) < 4.78 is 8.50. The van der Waals surface area contributed by atoms with Crippen LogP contribution >= 0.6 is 15.9 Å². The van der Waals surface area contributed by atoms with Gasteiger partial charge in [0.1, 0.15) is 5.76 Å². The van der Waals surface area contributed by atoms with Crippen LogP contribution in [-0.4, -0.2) is 16.7 Å². The molecule has 5 nitrogen and oxygen atoms in total. The van der Waals surface area contributed by atoms with Gasteiger partial charge in [0.15, 0.2) is 5.76 Å². The summed E-state index contributed by atoms with van der Waals surface area (Å²) in [6.45, 7) is 7.92. The molecule has 0 saturated carbocycles. The largest absolute Gasteiger partial charge is 0.456 e. The Kier molecular flexibility index (Phi) is 5.13. The fourth-order valence-electron chi connectivity index (χ4n) is 2.81. The lowest BCUT2D eigenvalue weighted by atomic mass is 10.2. The number of amides is 1. The number of hydrogen-bond donors (Lipinski definition) is 1. The minimum Gasteiger partial charge on any atom is -0.456 e. The predicted octanol–water partition coefficient (Wildman–Crippen LogP) is 4.83. The molecule has 0 aliphatic heterocycles. The maximum atomic E-state index is 12.0. The molecule has 6 heteroatoms. The molecule has 0 fully saturated rings. The topological polar surface area (TPSA) is 59.5 Å². The number of aryl methyl sites for hydroxylation is 3. The third-order valence-corrected chi connectivity index (χ3v) is 5.07. The van der Waals surface area contributed by atoms with Gasteiger partial charge in [0, 0.05) is 27.1 Å². The van der Waals surface area contributed by atoms with Gasteiger partial charge in [-0.05, 0) is 63.6 Å². The molecule has 2 heterocycles. The van der Waals surface area contributed by atoms with E-state index in [-0.39, 0.29) is 11.7 Å². The first-order valence-corrected chi connectivity index (χ1v) is 9.01. The Labute approximate surface area is 160 Å². The fourth-order valence-corrected chi connectivity index (χ4v) is 3.18. The van der Waals surface area contributed by atoms with E-state index in [1.54, 1.807) is 25.3 Å². The van der Waals surface area contributed by atoms with Crippen molar-refractivity contribution >= 4 is 28.1 Å². The first-order chi connectivity index (χ1) is 12.4. The van der Waals surface area contributed by atoms with Crippen molar-refractivity contribution in [3.8, 4) is 5.69 Å². The summed E-state index contributed by atoms with van der Waals surface area (Å²) in [5.74, 6) is 0.562. The molecule has 2 aromatic heterocycles. The van der Waals surface area contributed by atoms with Gasteiger partial charge in [-0.1, -0.05) is 22.0 Å². The number of aromatic nitrogens is 1. The molecule has 3 rings (SSSR count). The highest BCUT2D eigenvalue weighted by Crippen LogP contribution is 2.24. The number of carbonyl (C=O) groups excluding carboxylic acids is 1. The van der Waals surface area contributed by atoms with Crippen LogP contribution in [0, 0.1) is 27.7 Å². The van der Waals surface area contributed by atoms with E-state index >= 15 is 0 Å². The number of benzene rings is 1. The van der Waals surface area contributed by atoms with Gasteiger partial charge >= 0.3 is 5.91 Å². The number of hydrogen-bond acceptors (Lipinski definition) is 3. The fraction of sp³-hybridized carbons (Fsp3) is 0.200. The second-order valence-corrected chi connectivity index (χ2v) is 7.06. The normalized spacial score (nSPS) is 11.3. The van der Waals surface area contributed by atoms with Crippen LogP contribution in [0.15, 0.2) is 50.4 Å². The Morgan fingerprint density at radius 3 is 2.58 bits per heavy atom. The van der Waals surface area contributed by atoms with Crippen LogP contribution < -0.4 is 5.43 Å². The van der Waals surface area contributed by atoms with Crippen LogP contribution in [0.5, 0.6) is 0 Å². The Balaban J connectivity index is 1.81. The summed E-state index contributed by atoms with van der Waals surface area (Å²) in [4.78, 5) is 12.0. The maximum Gasteiger partial charge on any atom is 0.307 e. The highest BCUT2D eigenvalue weighted by atomic mass is 79.9. The highest BCUT2D eigenvalue weighted by molar-refractivity contribution is 9.10. The summed E-state index contributed by atoms with van der Waals surface area (Å²) in [7, 11) is 0. The van der Waals surface area contributed by atoms with Crippen molar-refractivity contribution in [1.82, 2.24) is 9.99 Å². The summed E-state index contributed by atoms with van der Waals surface area (Å²) in [6.07, 6.45) is 1.65. The van der Waals surface area contributed by atoms with Crippen LogP contribution in [0.3, 0.4) is 0 Å². The average Bonchev–Trinajstić information content (AvgIpc) is 3.14. The molecule has 3 aromatic rings. The van der Waals surface area contributed by atoms with Crippen LogP contribution in [0.4, 0.5) is 0 Å². The summed E-state index contributed by atoms with van der Waals surface area (Å²) in [5.41, 5.74) is 7.83. The van der Waals surface area contributed by atoms with E-state index in [1.165, 1.54) is 5.56 Å². The minimum atomic E-state index is -0.370. The smallest absolute Gasteiger partial charge is 0.307 e. The zero-order valence-electron chi connectivity index (χ0n) is 15.1. The Hall–Kier alpha value is -2.60. The quantitative estimate of drug-likeness (QED) is 0.491. The van der Waals surface area contributed by atoms with Crippen molar-refractivity contribution in [2.75, 3.05) is 0 Å². The molecule has 0 saturated heterocycles. The lowest BCUT2D eigenvalue weighted by molar-refractivity contribution is 0.0926. The first-order valence-electron chi connectivity index (χ1n) is 8.22.